The summed E-state index contributed by atoms with van der Waals surface area (Å²) in [6.45, 7) is 2.73. The van der Waals surface area contributed by atoms with Crippen LogP contribution in [-0.4, -0.2) is 34.4 Å². The normalized spacial score (nSPS) is 20.4. The van der Waals surface area contributed by atoms with E-state index in [4.69, 9.17) is 5.73 Å². The first-order valence-electron chi connectivity index (χ1n) is 5.70. The molecule has 0 saturated carbocycles. The lowest BCUT2D eigenvalue weighted by Crippen LogP contribution is -2.38. The smallest absolute Gasteiger partial charge is 0.324 e. The molecule has 1 aromatic carbocycles. The SMILES string of the molecule is NC(=O)N(S)C1CCN(Cc2ccccc2)C1. The number of carbonyl (C=O) groups excluding carboxylic acids is 1. The van der Waals surface area contributed by atoms with Gasteiger partial charge in [-0.3, -0.25) is 9.21 Å². The Morgan fingerprint density at radius 3 is 2.82 bits per heavy atom. The van der Waals surface area contributed by atoms with Gasteiger partial charge in [-0.25, -0.2) is 4.79 Å². The average molecular weight is 251 g/mol. The maximum absolute atomic E-state index is 11.0. The first-order chi connectivity index (χ1) is 8.16. The summed E-state index contributed by atoms with van der Waals surface area (Å²) in [5.74, 6) is 0. The molecule has 1 saturated heterocycles. The molecule has 2 rings (SSSR count). The van der Waals surface area contributed by atoms with E-state index in [2.05, 4.69) is 29.8 Å². The fraction of sp³-hybridized carbons (Fsp3) is 0.417. The van der Waals surface area contributed by atoms with Gasteiger partial charge < -0.3 is 5.73 Å². The van der Waals surface area contributed by atoms with Gasteiger partial charge in [0.05, 0.1) is 6.04 Å². The summed E-state index contributed by atoms with van der Waals surface area (Å²) in [5.41, 5.74) is 6.50. The summed E-state index contributed by atoms with van der Waals surface area (Å²) in [7, 11) is 0. The van der Waals surface area contributed by atoms with Gasteiger partial charge in [0.1, 0.15) is 0 Å². The largest absolute Gasteiger partial charge is 0.351 e. The molecular formula is C12H17N3OS. The minimum Gasteiger partial charge on any atom is -0.351 e. The zero-order valence-electron chi connectivity index (χ0n) is 9.62. The van der Waals surface area contributed by atoms with E-state index in [9.17, 15) is 4.79 Å². The average Bonchev–Trinajstić information content (AvgIpc) is 2.77. The van der Waals surface area contributed by atoms with Crippen LogP contribution in [0.4, 0.5) is 4.79 Å². The van der Waals surface area contributed by atoms with Gasteiger partial charge in [-0.05, 0) is 12.0 Å². The first-order valence-corrected chi connectivity index (χ1v) is 6.10. The molecule has 1 aliphatic rings. The molecule has 0 bridgehead atoms. The quantitative estimate of drug-likeness (QED) is 0.800. The van der Waals surface area contributed by atoms with Crippen molar-refractivity contribution in [3.63, 3.8) is 0 Å². The Bertz CT molecular complexity index is 385. The number of urea groups is 1. The Balaban J connectivity index is 1.88. The summed E-state index contributed by atoms with van der Waals surface area (Å²) >= 11 is 4.12. The van der Waals surface area contributed by atoms with E-state index in [1.807, 2.05) is 18.2 Å². The second-order valence-corrected chi connectivity index (χ2v) is 4.78. The van der Waals surface area contributed by atoms with Crippen molar-refractivity contribution in [3.8, 4) is 0 Å². The fourth-order valence-electron chi connectivity index (χ4n) is 2.18. The second kappa shape index (κ2) is 5.42. The molecule has 5 heteroatoms. The molecule has 2 amide bonds. The Labute approximate surface area is 107 Å². The summed E-state index contributed by atoms with van der Waals surface area (Å²) in [6, 6.07) is 9.96. The van der Waals surface area contributed by atoms with Crippen LogP contribution in [0.1, 0.15) is 12.0 Å². The van der Waals surface area contributed by atoms with Crippen LogP contribution in [0.5, 0.6) is 0 Å². The van der Waals surface area contributed by atoms with Crippen molar-refractivity contribution in [3.05, 3.63) is 35.9 Å². The van der Waals surface area contributed by atoms with Crippen molar-refractivity contribution in [2.45, 2.75) is 19.0 Å². The van der Waals surface area contributed by atoms with E-state index < -0.39 is 6.03 Å². The Morgan fingerprint density at radius 1 is 1.47 bits per heavy atom. The molecule has 0 aliphatic carbocycles. The van der Waals surface area contributed by atoms with E-state index in [1.165, 1.54) is 9.87 Å². The number of hydrogen-bond donors (Lipinski definition) is 2. The summed E-state index contributed by atoms with van der Waals surface area (Å²) in [4.78, 5) is 13.3. The van der Waals surface area contributed by atoms with Crippen LogP contribution in [0.2, 0.25) is 0 Å². The van der Waals surface area contributed by atoms with Gasteiger partial charge in [-0.2, -0.15) is 0 Å². The van der Waals surface area contributed by atoms with E-state index in [-0.39, 0.29) is 6.04 Å². The number of benzene rings is 1. The van der Waals surface area contributed by atoms with Gasteiger partial charge >= 0.3 is 6.03 Å². The minimum atomic E-state index is -0.472. The van der Waals surface area contributed by atoms with Crippen molar-refractivity contribution >= 4 is 18.8 Å². The minimum absolute atomic E-state index is 0.125. The number of amides is 2. The van der Waals surface area contributed by atoms with E-state index in [0.29, 0.717) is 0 Å². The highest BCUT2D eigenvalue weighted by molar-refractivity contribution is 7.78. The monoisotopic (exact) mass is 251 g/mol. The van der Waals surface area contributed by atoms with E-state index >= 15 is 0 Å². The summed E-state index contributed by atoms with van der Waals surface area (Å²) in [6.07, 6.45) is 0.930. The molecule has 0 radical (unpaired) electrons. The standard InChI is InChI=1S/C12H17N3OS/c13-12(16)15(17)11-6-7-14(9-11)8-10-4-2-1-3-5-10/h1-5,11,17H,6-9H2,(H2,13,16). The molecule has 1 fully saturated rings. The molecule has 1 aromatic rings. The zero-order chi connectivity index (χ0) is 12.3. The maximum atomic E-state index is 11.0. The fourth-order valence-corrected chi connectivity index (χ4v) is 2.37. The number of nitrogens with two attached hydrogens (primary N) is 1. The van der Waals surface area contributed by atoms with Gasteiger partial charge in [-0.1, -0.05) is 43.1 Å². The highest BCUT2D eigenvalue weighted by Gasteiger charge is 2.27. The van der Waals surface area contributed by atoms with Crippen LogP contribution in [0, 0.1) is 0 Å². The third-order valence-electron chi connectivity index (χ3n) is 3.07. The van der Waals surface area contributed by atoms with Gasteiger partial charge in [-0.15, -0.1) is 0 Å². The van der Waals surface area contributed by atoms with Crippen LogP contribution < -0.4 is 5.73 Å². The lowest BCUT2D eigenvalue weighted by Gasteiger charge is -2.21. The molecule has 92 valence electrons. The van der Waals surface area contributed by atoms with Crippen molar-refractivity contribution in [1.29, 1.82) is 0 Å². The molecular weight excluding hydrogens is 234 g/mol. The third-order valence-corrected chi connectivity index (χ3v) is 3.59. The molecule has 4 nitrogen and oxygen atoms in total. The van der Waals surface area contributed by atoms with Gasteiger partial charge in [0.2, 0.25) is 0 Å². The van der Waals surface area contributed by atoms with Crippen molar-refractivity contribution in [2.24, 2.45) is 5.73 Å². The second-order valence-electron chi connectivity index (χ2n) is 4.35. The van der Waals surface area contributed by atoms with Crippen LogP contribution in [0.3, 0.4) is 0 Å². The van der Waals surface area contributed by atoms with Gasteiger partial charge in [0.25, 0.3) is 0 Å². The van der Waals surface area contributed by atoms with Gasteiger partial charge in [0.15, 0.2) is 0 Å². The predicted octanol–water partition coefficient (Wildman–Crippen LogP) is 1.49. The highest BCUT2D eigenvalue weighted by atomic mass is 32.1. The molecule has 17 heavy (non-hydrogen) atoms. The van der Waals surface area contributed by atoms with Crippen molar-refractivity contribution < 1.29 is 4.79 Å². The molecule has 1 aliphatic heterocycles. The van der Waals surface area contributed by atoms with Gasteiger partial charge in [0, 0.05) is 19.6 Å². The molecule has 0 spiro atoms. The topological polar surface area (TPSA) is 49.6 Å². The molecule has 2 N–H and O–H groups in total. The molecule has 1 heterocycles. The van der Waals surface area contributed by atoms with Crippen LogP contribution in [0.15, 0.2) is 30.3 Å². The molecule has 1 atom stereocenters. The van der Waals surface area contributed by atoms with Crippen molar-refractivity contribution in [2.75, 3.05) is 13.1 Å². The summed E-state index contributed by atoms with van der Waals surface area (Å²) in [5, 5.41) is 0. The zero-order valence-corrected chi connectivity index (χ0v) is 10.5. The number of primary amides is 1. The predicted molar refractivity (Wildman–Crippen MR) is 70.5 cm³/mol. The number of likely N-dealkylation sites (tertiary alicyclic amines) is 1. The van der Waals surface area contributed by atoms with E-state index in [1.54, 1.807) is 0 Å². The number of hydrogen-bond acceptors (Lipinski definition) is 3. The Hall–Kier alpha value is -1.20. The number of nitrogens with zero attached hydrogens (tertiary/aromatic N) is 2. The van der Waals surface area contributed by atoms with E-state index in [0.717, 1.165) is 26.1 Å². The van der Waals surface area contributed by atoms with Crippen LogP contribution >= 0.6 is 12.8 Å². The number of thiol groups is 1. The molecule has 1 unspecified atom stereocenters. The number of carbonyl (C=O) groups is 1. The maximum Gasteiger partial charge on any atom is 0.324 e. The highest BCUT2D eigenvalue weighted by Crippen LogP contribution is 2.19. The first kappa shape index (κ1) is 12.3. The van der Waals surface area contributed by atoms with Crippen LogP contribution in [-0.2, 0) is 6.54 Å². The lowest BCUT2D eigenvalue weighted by atomic mass is 10.2. The summed E-state index contributed by atoms with van der Waals surface area (Å²) < 4.78 is 1.34. The van der Waals surface area contributed by atoms with Crippen molar-refractivity contribution in [1.82, 2.24) is 9.21 Å². The molecule has 0 aromatic heterocycles. The number of rotatable bonds is 3. The lowest BCUT2D eigenvalue weighted by molar-refractivity contribution is 0.224. The van der Waals surface area contributed by atoms with Crippen LogP contribution in [0.25, 0.3) is 0 Å². The third kappa shape index (κ3) is 3.14. The Morgan fingerprint density at radius 2 is 2.18 bits per heavy atom. The Kier molecular flexibility index (Phi) is 3.91.